The minimum absolute atomic E-state index is 0.462. The highest BCUT2D eigenvalue weighted by Gasteiger charge is 2.12. The highest BCUT2D eigenvalue weighted by atomic mass is 16.7. The van der Waals surface area contributed by atoms with Crippen molar-refractivity contribution < 1.29 is 19.0 Å². The highest BCUT2D eigenvalue weighted by molar-refractivity contribution is 5.67. The summed E-state index contributed by atoms with van der Waals surface area (Å²) < 4.78 is 15.9. The Morgan fingerprint density at radius 2 is 1.65 bits per heavy atom. The predicted molar refractivity (Wildman–Crippen MR) is 89.2 cm³/mol. The first kappa shape index (κ1) is 17.0. The molecular formula is C19H22O4. The Balaban J connectivity index is 2.03. The maximum absolute atomic E-state index is 12.0. The van der Waals surface area contributed by atoms with Gasteiger partial charge >= 0.3 is 6.16 Å². The fraction of sp³-hybridized carbons (Fsp3) is 0.316. The quantitative estimate of drug-likeness (QED) is 0.448. The molecule has 0 heterocycles. The van der Waals surface area contributed by atoms with Crippen molar-refractivity contribution in [1.82, 2.24) is 0 Å². The van der Waals surface area contributed by atoms with Crippen LogP contribution in [0.25, 0.3) is 0 Å². The van der Waals surface area contributed by atoms with Crippen LogP contribution in [0, 0.1) is 13.8 Å². The van der Waals surface area contributed by atoms with Crippen LogP contribution in [-0.4, -0.2) is 19.4 Å². The number of carbonyl (C=O) groups excluding carboxylic acids is 1. The number of hydrogen-bond donors (Lipinski definition) is 0. The Hall–Kier alpha value is -2.33. The van der Waals surface area contributed by atoms with Crippen molar-refractivity contribution >= 4 is 6.16 Å². The molecule has 2 rings (SSSR count). The van der Waals surface area contributed by atoms with Crippen molar-refractivity contribution in [3.8, 4) is 11.5 Å². The summed E-state index contributed by atoms with van der Waals surface area (Å²) in [4.78, 5) is 12.0. The Bertz CT molecular complexity index is 647. The van der Waals surface area contributed by atoms with E-state index in [0.29, 0.717) is 31.1 Å². The molecule has 0 spiro atoms. The van der Waals surface area contributed by atoms with E-state index in [0.717, 1.165) is 16.7 Å². The summed E-state index contributed by atoms with van der Waals surface area (Å²) in [6.45, 7) is 7.17. The molecule has 0 aliphatic heterocycles. The van der Waals surface area contributed by atoms with Crippen molar-refractivity contribution in [2.24, 2.45) is 0 Å². The number of carbonyl (C=O) groups is 1. The van der Waals surface area contributed by atoms with Crippen LogP contribution in [0.1, 0.15) is 23.6 Å². The van der Waals surface area contributed by atoms with Crippen LogP contribution in [-0.2, 0) is 11.2 Å². The summed E-state index contributed by atoms with van der Waals surface area (Å²) >= 11 is 0. The molecule has 0 atom stereocenters. The van der Waals surface area contributed by atoms with Crippen molar-refractivity contribution in [3.05, 3.63) is 59.2 Å². The van der Waals surface area contributed by atoms with Crippen molar-refractivity contribution in [1.29, 1.82) is 0 Å². The molecule has 0 N–H and O–H groups in total. The Labute approximate surface area is 137 Å². The van der Waals surface area contributed by atoms with E-state index in [1.54, 1.807) is 18.2 Å². The number of rotatable bonds is 6. The molecule has 0 saturated carbocycles. The van der Waals surface area contributed by atoms with Crippen LogP contribution in [0.4, 0.5) is 4.79 Å². The summed E-state index contributed by atoms with van der Waals surface area (Å²) in [5.41, 5.74) is 3.14. The minimum atomic E-state index is -0.740. The fourth-order valence-electron chi connectivity index (χ4n) is 2.14. The first-order chi connectivity index (χ1) is 11.1. The number of benzene rings is 2. The zero-order valence-electron chi connectivity index (χ0n) is 13.8. The lowest BCUT2D eigenvalue weighted by Gasteiger charge is -2.11. The van der Waals surface area contributed by atoms with E-state index in [1.165, 1.54) is 0 Å². The standard InChI is InChI=1S/C19H22O4/c1-4-21-12-11-16-13-15(3)7-10-18(16)23-19(20)22-17-8-5-14(2)6-9-17/h5-10,13H,4,11-12H2,1-3H3. The molecular weight excluding hydrogens is 292 g/mol. The molecule has 0 aromatic heterocycles. The summed E-state index contributed by atoms with van der Waals surface area (Å²) in [7, 11) is 0. The second-order valence-electron chi connectivity index (χ2n) is 5.33. The molecule has 0 radical (unpaired) electrons. The first-order valence-electron chi connectivity index (χ1n) is 7.72. The van der Waals surface area contributed by atoms with Crippen LogP contribution < -0.4 is 9.47 Å². The summed E-state index contributed by atoms with van der Waals surface area (Å²) in [6.07, 6.45) is -0.0572. The van der Waals surface area contributed by atoms with Gasteiger partial charge in [0.15, 0.2) is 0 Å². The molecule has 2 aromatic carbocycles. The molecule has 122 valence electrons. The lowest BCUT2D eigenvalue weighted by atomic mass is 10.1. The van der Waals surface area contributed by atoms with Gasteiger partial charge < -0.3 is 14.2 Å². The molecule has 23 heavy (non-hydrogen) atoms. The first-order valence-corrected chi connectivity index (χ1v) is 7.72. The van der Waals surface area contributed by atoms with Gasteiger partial charge in [0.05, 0.1) is 6.61 Å². The molecule has 0 fully saturated rings. The largest absolute Gasteiger partial charge is 0.519 e. The van der Waals surface area contributed by atoms with E-state index < -0.39 is 6.16 Å². The van der Waals surface area contributed by atoms with Crippen LogP contribution in [0.15, 0.2) is 42.5 Å². The minimum Gasteiger partial charge on any atom is -0.395 e. The van der Waals surface area contributed by atoms with Crippen molar-refractivity contribution in [2.75, 3.05) is 13.2 Å². The second kappa shape index (κ2) is 8.34. The monoisotopic (exact) mass is 314 g/mol. The highest BCUT2D eigenvalue weighted by Crippen LogP contribution is 2.22. The average Bonchev–Trinajstić information content (AvgIpc) is 2.52. The van der Waals surface area contributed by atoms with Gasteiger partial charge in [-0.25, -0.2) is 4.79 Å². The van der Waals surface area contributed by atoms with E-state index in [2.05, 4.69) is 0 Å². The van der Waals surface area contributed by atoms with E-state index in [-0.39, 0.29) is 0 Å². The van der Waals surface area contributed by atoms with Gasteiger partial charge in [-0.2, -0.15) is 0 Å². The third kappa shape index (κ3) is 5.42. The molecule has 0 saturated heterocycles. The lowest BCUT2D eigenvalue weighted by Crippen LogP contribution is -2.15. The van der Waals surface area contributed by atoms with Gasteiger partial charge in [0.2, 0.25) is 0 Å². The molecule has 4 heteroatoms. The van der Waals surface area contributed by atoms with Crippen LogP contribution in [0.3, 0.4) is 0 Å². The summed E-state index contributed by atoms with van der Waals surface area (Å²) in [6, 6.07) is 12.9. The molecule has 0 unspecified atom stereocenters. The Morgan fingerprint density at radius 1 is 0.957 bits per heavy atom. The zero-order valence-corrected chi connectivity index (χ0v) is 13.8. The fourth-order valence-corrected chi connectivity index (χ4v) is 2.14. The van der Waals surface area contributed by atoms with Gasteiger partial charge in [0, 0.05) is 6.61 Å². The average molecular weight is 314 g/mol. The van der Waals surface area contributed by atoms with Gasteiger partial charge in [-0.3, -0.25) is 0 Å². The smallest absolute Gasteiger partial charge is 0.395 e. The third-order valence-electron chi connectivity index (χ3n) is 3.35. The van der Waals surface area contributed by atoms with Gasteiger partial charge in [-0.15, -0.1) is 0 Å². The van der Waals surface area contributed by atoms with E-state index in [4.69, 9.17) is 14.2 Å². The molecule has 2 aromatic rings. The molecule has 0 aliphatic carbocycles. The zero-order chi connectivity index (χ0) is 16.7. The molecule has 0 amide bonds. The van der Waals surface area contributed by atoms with Crippen molar-refractivity contribution in [2.45, 2.75) is 27.2 Å². The van der Waals surface area contributed by atoms with E-state index in [1.807, 2.05) is 45.0 Å². The van der Waals surface area contributed by atoms with Gasteiger partial charge in [0.25, 0.3) is 0 Å². The normalized spacial score (nSPS) is 10.4. The predicted octanol–water partition coefficient (Wildman–Crippen LogP) is 4.46. The summed E-state index contributed by atoms with van der Waals surface area (Å²) in [5.74, 6) is 0.969. The molecule has 0 aliphatic rings. The number of ether oxygens (including phenoxy) is 3. The van der Waals surface area contributed by atoms with Crippen LogP contribution >= 0.6 is 0 Å². The van der Waals surface area contributed by atoms with E-state index >= 15 is 0 Å². The third-order valence-corrected chi connectivity index (χ3v) is 3.35. The molecule has 0 bridgehead atoms. The van der Waals surface area contributed by atoms with Crippen LogP contribution in [0.5, 0.6) is 11.5 Å². The Morgan fingerprint density at radius 3 is 2.35 bits per heavy atom. The second-order valence-corrected chi connectivity index (χ2v) is 5.33. The SMILES string of the molecule is CCOCCc1cc(C)ccc1OC(=O)Oc1ccc(C)cc1. The Kier molecular flexibility index (Phi) is 6.18. The van der Waals surface area contributed by atoms with E-state index in [9.17, 15) is 4.79 Å². The number of hydrogen-bond acceptors (Lipinski definition) is 4. The van der Waals surface area contributed by atoms with Crippen molar-refractivity contribution in [3.63, 3.8) is 0 Å². The maximum Gasteiger partial charge on any atom is 0.519 e. The number of aryl methyl sites for hydroxylation is 2. The maximum atomic E-state index is 12.0. The van der Waals surface area contributed by atoms with Gasteiger partial charge in [-0.1, -0.05) is 35.4 Å². The van der Waals surface area contributed by atoms with Gasteiger partial charge in [0.1, 0.15) is 11.5 Å². The lowest BCUT2D eigenvalue weighted by molar-refractivity contribution is 0.145. The van der Waals surface area contributed by atoms with Gasteiger partial charge in [-0.05, 0) is 51.0 Å². The topological polar surface area (TPSA) is 44.8 Å². The molecule has 4 nitrogen and oxygen atoms in total. The summed E-state index contributed by atoms with van der Waals surface area (Å²) in [5, 5.41) is 0. The van der Waals surface area contributed by atoms with Crippen LogP contribution in [0.2, 0.25) is 0 Å².